The zero-order valence-corrected chi connectivity index (χ0v) is 45.0. The molecule has 0 aliphatic carbocycles. The Balaban J connectivity index is 1.25. The Morgan fingerprint density at radius 3 is 0.725 bits per heavy atom. The number of H-pyrrole nitrogens is 2. The topological polar surface area (TPSA) is 278 Å². The molecule has 4 aromatic carbocycles. The molecular weight excluding hydrogens is 1000 g/mol. The van der Waals surface area contributed by atoms with Crippen molar-refractivity contribution in [2.45, 2.75) is 77.0 Å². The largest absolute Gasteiger partial charge is 0.354 e. The van der Waals surface area contributed by atoms with Crippen LogP contribution in [0.4, 0.5) is 22.7 Å². The summed E-state index contributed by atoms with van der Waals surface area (Å²) >= 11 is 0. The molecule has 2 aliphatic heterocycles. The predicted octanol–water partition coefficient (Wildman–Crippen LogP) is 11.6. The predicted molar refractivity (Wildman–Crippen MR) is 327 cm³/mol. The van der Waals surface area contributed by atoms with Crippen molar-refractivity contribution in [3.63, 3.8) is 0 Å². The van der Waals surface area contributed by atoms with Crippen LogP contribution in [0.25, 0.3) is 90.9 Å². The molecule has 5 heterocycles. The highest BCUT2D eigenvalue weighted by molar-refractivity contribution is 6.01. The summed E-state index contributed by atoms with van der Waals surface area (Å²) in [6.45, 7) is 2.14. The molecule has 14 N–H and O–H groups in total. The summed E-state index contributed by atoms with van der Waals surface area (Å²) < 4.78 is 0. The molecule has 0 unspecified atom stereocenters. The summed E-state index contributed by atoms with van der Waals surface area (Å²) in [7, 11) is 0. The van der Waals surface area contributed by atoms with Gasteiger partial charge >= 0.3 is 0 Å². The fraction of sp³-hybridized carbons (Fsp3) is 0.250. The number of carbonyl (C=O) groups is 4. The van der Waals surface area contributed by atoms with Gasteiger partial charge in [-0.05, 0) is 197 Å². The molecule has 0 fully saturated rings. The Kier molecular flexibility index (Phi) is 19.0. The average Bonchev–Trinajstić information content (AvgIpc) is 4.40. The highest BCUT2D eigenvalue weighted by Gasteiger charge is 2.20. The van der Waals surface area contributed by atoms with Gasteiger partial charge in [0.1, 0.15) is 0 Å². The SMILES string of the molecule is NCCCCC(=O)Nc1ccc(-c2c3nc(c(-c4ccc(NC(=O)CCCCN)cc4)c4ccc([nH]4)c(-c4ccc(NC(=O)CCCCN)cc4)c4nc(c(-c5ccc(NC(=O)CCCCN)cc5)c5ccc2[nH]5)C=C4)C=C3)cc1. The molecule has 16 nitrogen and oxygen atoms in total. The van der Waals surface area contributed by atoms with Crippen molar-refractivity contribution in [3.05, 3.63) is 144 Å². The standard InChI is InChI=1S/C64H70N12O4/c65-37-5-1-9-57(77)69-45-21-13-41(14-22-45)61-49-29-31-51(73-49)62(42-15-23-46(24-16-42)70-58(78)10-2-6-38-66)53-33-35-55(75-53)64(44-19-27-48(28-20-44)72-60(80)12-4-8-40-68)56-36-34-54(76-56)63(52-32-30-50(61)74-52)43-17-25-47(26-18-43)71-59(79)11-3-7-39-67/h13-36,73,76H,1-12,37-40,65-68H2,(H,69,77)(H,70,78)(H,71,79)(H,72,80). The van der Waals surface area contributed by atoms with Crippen LogP contribution in [0.2, 0.25) is 0 Å². The van der Waals surface area contributed by atoms with Crippen molar-refractivity contribution >= 4 is 92.7 Å². The normalized spacial score (nSPS) is 11.7. The van der Waals surface area contributed by atoms with E-state index in [0.29, 0.717) is 123 Å². The van der Waals surface area contributed by atoms with E-state index in [4.69, 9.17) is 32.9 Å². The van der Waals surface area contributed by atoms with E-state index in [2.05, 4.69) is 31.2 Å². The van der Waals surface area contributed by atoms with Gasteiger partial charge in [0.05, 0.1) is 22.8 Å². The van der Waals surface area contributed by atoms with E-state index in [1.54, 1.807) is 0 Å². The lowest BCUT2D eigenvalue weighted by Crippen LogP contribution is -2.11. The van der Waals surface area contributed by atoms with Gasteiger partial charge in [0.2, 0.25) is 23.6 Å². The second-order valence-corrected chi connectivity index (χ2v) is 20.0. The van der Waals surface area contributed by atoms with Gasteiger partial charge in [0.15, 0.2) is 0 Å². The van der Waals surface area contributed by atoms with Crippen LogP contribution in [0.3, 0.4) is 0 Å². The number of hydrogen-bond donors (Lipinski definition) is 10. The zero-order chi connectivity index (χ0) is 55.8. The molecular formula is C64H70N12O4. The number of aromatic nitrogens is 4. The third-order valence-corrected chi connectivity index (χ3v) is 14.0. The molecule has 0 atom stereocenters. The molecule has 8 bridgehead atoms. The van der Waals surface area contributed by atoms with Crippen molar-refractivity contribution < 1.29 is 19.2 Å². The van der Waals surface area contributed by atoms with Gasteiger partial charge < -0.3 is 54.2 Å². The smallest absolute Gasteiger partial charge is 0.224 e. The van der Waals surface area contributed by atoms with E-state index in [1.165, 1.54) is 0 Å². The number of carbonyl (C=O) groups excluding carboxylic acids is 4. The number of aromatic amines is 2. The molecule has 7 aromatic rings. The molecule has 9 rings (SSSR count). The number of nitrogens with one attached hydrogen (secondary N) is 6. The van der Waals surface area contributed by atoms with E-state index >= 15 is 0 Å². The minimum absolute atomic E-state index is 0.0726. The lowest BCUT2D eigenvalue weighted by atomic mass is 10.0. The molecule has 410 valence electrons. The van der Waals surface area contributed by atoms with Crippen molar-refractivity contribution in [2.24, 2.45) is 22.9 Å². The van der Waals surface area contributed by atoms with Crippen LogP contribution >= 0.6 is 0 Å². The quantitative estimate of drug-likeness (QED) is 0.0255. The Labute approximate surface area is 466 Å². The fourth-order valence-electron chi connectivity index (χ4n) is 9.91. The van der Waals surface area contributed by atoms with E-state index in [-0.39, 0.29) is 23.6 Å². The van der Waals surface area contributed by atoms with Gasteiger partial charge in [-0.25, -0.2) is 9.97 Å². The second kappa shape index (κ2) is 27.2. The first-order chi connectivity index (χ1) is 39.1. The molecule has 80 heavy (non-hydrogen) atoms. The molecule has 0 spiro atoms. The van der Waals surface area contributed by atoms with Crippen LogP contribution in [0.1, 0.15) is 99.8 Å². The average molecular weight is 1070 g/mol. The fourth-order valence-corrected chi connectivity index (χ4v) is 9.91. The summed E-state index contributed by atoms with van der Waals surface area (Å²) in [6, 6.07) is 39.3. The number of rotatable bonds is 24. The monoisotopic (exact) mass is 1070 g/mol. The van der Waals surface area contributed by atoms with Crippen molar-refractivity contribution in [3.8, 4) is 44.5 Å². The number of hydrogen-bond acceptors (Lipinski definition) is 10. The maximum atomic E-state index is 12.9. The van der Waals surface area contributed by atoms with Gasteiger partial charge in [-0.3, -0.25) is 19.2 Å². The summed E-state index contributed by atoms with van der Waals surface area (Å²) in [5.74, 6) is -0.290. The Morgan fingerprint density at radius 2 is 0.525 bits per heavy atom. The summed E-state index contributed by atoms with van der Waals surface area (Å²) in [4.78, 5) is 70.0. The molecule has 0 saturated carbocycles. The summed E-state index contributed by atoms with van der Waals surface area (Å²) in [6.07, 6.45) is 15.5. The second-order valence-electron chi connectivity index (χ2n) is 20.0. The lowest BCUT2D eigenvalue weighted by molar-refractivity contribution is -0.117. The minimum atomic E-state index is -0.0726. The number of amides is 4. The van der Waals surface area contributed by atoms with Crippen LogP contribution in [-0.2, 0) is 19.2 Å². The first kappa shape index (κ1) is 55.9. The van der Waals surface area contributed by atoms with Crippen LogP contribution in [0, 0.1) is 0 Å². The summed E-state index contributed by atoms with van der Waals surface area (Å²) in [5.41, 5.74) is 38.1. The Hall–Kier alpha value is -8.80. The molecule has 16 heteroatoms. The van der Waals surface area contributed by atoms with E-state index < -0.39 is 0 Å². The molecule has 2 aliphatic rings. The van der Waals surface area contributed by atoms with Gasteiger partial charge in [0, 0.05) is 92.8 Å². The molecule has 4 amide bonds. The number of fused-ring (bicyclic) bond motifs is 8. The molecule has 0 saturated heterocycles. The highest BCUT2D eigenvalue weighted by Crippen LogP contribution is 2.39. The van der Waals surface area contributed by atoms with Crippen molar-refractivity contribution in [2.75, 3.05) is 47.4 Å². The first-order valence-electron chi connectivity index (χ1n) is 27.7. The molecule has 3 aromatic heterocycles. The maximum absolute atomic E-state index is 12.9. The minimum Gasteiger partial charge on any atom is -0.354 e. The lowest BCUT2D eigenvalue weighted by Gasteiger charge is -2.10. The highest BCUT2D eigenvalue weighted by atomic mass is 16.2. The van der Waals surface area contributed by atoms with Crippen molar-refractivity contribution in [1.29, 1.82) is 0 Å². The number of unbranched alkanes of at least 4 members (excludes halogenated alkanes) is 4. The maximum Gasteiger partial charge on any atom is 0.224 e. The number of benzene rings is 4. The van der Waals surface area contributed by atoms with Crippen LogP contribution < -0.4 is 44.2 Å². The first-order valence-corrected chi connectivity index (χ1v) is 27.7. The third-order valence-electron chi connectivity index (χ3n) is 14.0. The number of anilines is 4. The Bertz CT molecular complexity index is 3100. The van der Waals surface area contributed by atoms with Crippen LogP contribution in [0.5, 0.6) is 0 Å². The van der Waals surface area contributed by atoms with Crippen LogP contribution in [0.15, 0.2) is 121 Å². The van der Waals surface area contributed by atoms with Gasteiger partial charge in [0.25, 0.3) is 0 Å². The van der Waals surface area contributed by atoms with E-state index in [0.717, 1.165) is 92.3 Å². The zero-order valence-electron chi connectivity index (χ0n) is 45.0. The number of nitrogens with two attached hydrogens (primary N) is 4. The van der Waals surface area contributed by atoms with Crippen LogP contribution in [-0.4, -0.2) is 69.7 Å². The van der Waals surface area contributed by atoms with Crippen molar-refractivity contribution in [1.82, 2.24) is 19.9 Å². The Morgan fingerprint density at radius 1 is 0.312 bits per heavy atom. The van der Waals surface area contributed by atoms with Gasteiger partial charge in [-0.15, -0.1) is 0 Å². The summed E-state index contributed by atoms with van der Waals surface area (Å²) in [5, 5.41) is 12.2. The van der Waals surface area contributed by atoms with Gasteiger partial charge in [-0.2, -0.15) is 0 Å². The van der Waals surface area contributed by atoms with E-state index in [9.17, 15) is 19.2 Å². The van der Waals surface area contributed by atoms with Gasteiger partial charge in [-0.1, -0.05) is 48.5 Å². The third kappa shape index (κ3) is 14.1. The molecule has 0 radical (unpaired) electrons. The number of nitrogens with zero attached hydrogens (tertiary/aromatic N) is 2. The van der Waals surface area contributed by atoms with E-state index in [1.807, 2.05) is 146 Å².